The minimum atomic E-state index is -3.46. The van der Waals surface area contributed by atoms with Gasteiger partial charge in [-0.1, -0.05) is 42.5 Å². The van der Waals surface area contributed by atoms with Crippen molar-refractivity contribution in [1.29, 1.82) is 0 Å². The molecule has 2 aliphatic rings. The number of sulfonamides is 1. The van der Waals surface area contributed by atoms with Crippen molar-refractivity contribution in [3.05, 3.63) is 54.6 Å². The van der Waals surface area contributed by atoms with Gasteiger partial charge in [-0.25, -0.2) is 13.1 Å². The van der Waals surface area contributed by atoms with E-state index in [1.807, 2.05) is 42.5 Å². The Hall–Kier alpha value is -1.40. The standard InChI is InChI=1S/C19H22N2O2S.ClH/c22-24(23,21-18-12-16-8-9-17(13-18)20-16)19-10-6-15(7-11-19)14-4-2-1-3-5-14;/h1-7,10-11,16-18,20-21H,8-9,12-13H2;1H. The number of nitrogens with one attached hydrogen (secondary N) is 2. The molecular weight excluding hydrogens is 356 g/mol. The van der Waals surface area contributed by atoms with Gasteiger partial charge in [0, 0.05) is 18.1 Å². The van der Waals surface area contributed by atoms with Crippen molar-refractivity contribution in [1.82, 2.24) is 10.0 Å². The molecule has 0 spiro atoms. The fourth-order valence-corrected chi connectivity index (χ4v) is 5.16. The van der Waals surface area contributed by atoms with Crippen LogP contribution in [0.2, 0.25) is 0 Å². The van der Waals surface area contributed by atoms with Gasteiger partial charge in [0.2, 0.25) is 10.0 Å². The molecule has 2 unspecified atom stereocenters. The maximum Gasteiger partial charge on any atom is 0.240 e. The second kappa shape index (κ2) is 7.46. The minimum absolute atomic E-state index is 0. The molecule has 2 fully saturated rings. The van der Waals surface area contributed by atoms with E-state index in [1.54, 1.807) is 12.1 Å². The van der Waals surface area contributed by atoms with E-state index in [0.29, 0.717) is 17.0 Å². The lowest BCUT2D eigenvalue weighted by molar-refractivity contribution is 0.345. The highest BCUT2D eigenvalue weighted by Gasteiger charge is 2.35. The second-order valence-electron chi connectivity index (χ2n) is 6.82. The van der Waals surface area contributed by atoms with E-state index in [9.17, 15) is 8.42 Å². The summed E-state index contributed by atoms with van der Waals surface area (Å²) in [4.78, 5) is 0.341. The normalized spacial score (nSPS) is 25.4. The molecule has 0 amide bonds. The lowest BCUT2D eigenvalue weighted by Gasteiger charge is -2.29. The SMILES string of the molecule is Cl.O=S(=O)(NC1CC2CCC(C1)N2)c1ccc(-c2ccccc2)cc1. The maximum absolute atomic E-state index is 12.7. The average Bonchev–Trinajstić information content (AvgIpc) is 2.94. The molecule has 2 aliphatic heterocycles. The lowest BCUT2D eigenvalue weighted by atomic mass is 10.0. The van der Waals surface area contributed by atoms with Gasteiger partial charge in [0.15, 0.2) is 0 Å². The first-order valence-electron chi connectivity index (χ1n) is 8.54. The Morgan fingerprint density at radius 2 is 1.40 bits per heavy atom. The maximum atomic E-state index is 12.7. The van der Waals surface area contributed by atoms with Crippen LogP contribution in [0.1, 0.15) is 25.7 Å². The summed E-state index contributed by atoms with van der Waals surface area (Å²) in [6.07, 6.45) is 4.10. The largest absolute Gasteiger partial charge is 0.311 e. The van der Waals surface area contributed by atoms with Gasteiger partial charge in [-0.15, -0.1) is 12.4 Å². The van der Waals surface area contributed by atoms with Crippen molar-refractivity contribution in [2.45, 2.75) is 48.7 Å². The fourth-order valence-electron chi connectivity index (χ4n) is 3.90. The van der Waals surface area contributed by atoms with Crippen LogP contribution in [-0.4, -0.2) is 26.5 Å². The van der Waals surface area contributed by atoms with E-state index in [2.05, 4.69) is 10.0 Å². The first-order chi connectivity index (χ1) is 11.6. The number of hydrogen-bond donors (Lipinski definition) is 2. The molecule has 2 saturated heterocycles. The van der Waals surface area contributed by atoms with Crippen LogP contribution >= 0.6 is 12.4 Å². The summed E-state index contributed by atoms with van der Waals surface area (Å²) in [7, 11) is -3.46. The molecule has 2 aromatic rings. The zero-order chi connectivity index (χ0) is 16.6. The molecule has 0 aliphatic carbocycles. The molecule has 0 saturated carbocycles. The van der Waals surface area contributed by atoms with Gasteiger partial charge < -0.3 is 5.32 Å². The Balaban J connectivity index is 0.00000182. The Labute approximate surface area is 155 Å². The first kappa shape index (κ1) is 18.4. The molecule has 4 nitrogen and oxygen atoms in total. The van der Waals surface area contributed by atoms with Crippen molar-refractivity contribution < 1.29 is 8.42 Å². The smallest absolute Gasteiger partial charge is 0.240 e. The number of halogens is 1. The molecule has 4 rings (SSSR count). The van der Waals surface area contributed by atoms with Gasteiger partial charge in [-0.05, 0) is 48.9 Å². The third-order valence-electron chi connectivity index (χ3n) is 5.07. The first-order valence-corrected chi connectivity index (χ1v) is 10.0. The van der Waals surface area contributed by atoms with Gasteiger partial charge >= 0.3 is 0 Å². The summed E-state index contributed by atoms with van der Waals surface area (Å²) in [5.74, 6) is 0. The van der Waals surface area contributed by atoms with Crippen molar-refractivity contribution >= 4 is 22.4 Å². The van der Waals surface area contributed by atoms with Gasteiger partial charge in [-0.2, -0.15) is 0 Å². The highest BCUT2D eigenvalue weighted by molar-refractivity contribution is 7.89. The van der Waals surface area contributed by atoms with Gasteiger partial charge in [-0.3, -0.25) is 0 Å². The van der Waals surface area contributed by atoms with Crippen molar-refractivity contribution in [2.75, 3.05) is 0 Å². The molecular formula is C19H23ClN2O2S. The summed E-state index contributed by atoms with van der Waals surface area (Å²) in [6.45, 7) is 0. The summed E-state index contributed by atoms with van der Waals surface area (Å²) >= 11 is 0. The summed E-state index contributed by atoms with van der Waals surface area (Å²) in [5, 5.41) is 3.54. The third-order valence-corrected chi connectivity index (χ3v) is 6.60. The molecule has 0 aromatic heterocycles. The predicted octanol–water partition coefficient (Wildman–Crippen LogP) is 3.34. The van der Waals surface area contributed by atoms with Crippen molar-refractivity contribution in [3.63, 3.8) is 0 Å². The quantitative estimate of drug-likeness (QED) is 0.857. The molecule has 25 heavy (non-hydrogen) atoms. The Kier molecular flexibility index (Phi) is 5.49. The zero-order valence-corrected chi connectivity index (χ0v) is 15.5. The van der Waals surface area contributed by atoms with Gasteiger partial charge in [0.1, 0.15) is 0 Å². The van der Waals surface area contributed by atoms with Crippen LogP contribution in [0.25, 0.3) is 11.1 Å². The molecule has 6 heteroatoms. The van der Waals surface area contributed by atoms with E-state index in [-0.39, 0.29) is 18.4 Å². The fraction of sp³-hybridized carbons (Fsp3) is 0.368. The highest BCUT2D eigenvalue weighted by Crippen LogP contribution is 2.28. The summed E-state index contributed by atoms with van der Waals surface area (Å²) in [5.41, 5.74) is 2.11. The molecule has 2 bridgehead atoms. The average molecular weight is 379 g/mol. The van der Waals surface area contributed by atoms with Crippen LogP contribution in [0.5, 0.6) is 0 Å². The van der Waals surface area contributed by atoms with Crippen LogP contribution in [0, 0.1) is 0 Å². The molecule has 2 heterocycles. The van der Waals surface area contributed by atoms with E-state index in [4.69, 9.17) is 0 Å². The topological polar surface area (TPSA) is 58.2 Å². The second-order valence-corrected chi connectivity index (χ2v) is 8.53. The van der Waals surface area contributed by atoms with E-state index in [0.717, 1.165) is 36.8 Å². The van der Waals surface area contributed by atoms with Crippen molar-refractivity contribution in [3.8, 4) is 11.1 Å². The zero-order valence-electron chi connectivity index (χ0n) is 13.9. The van der Waals surface area contributed by atoms with Gasteiger partial charge in [0.05, 0.1) is 4.90 Å². The number of fused-ring (bicyclic) bond motifs is 2. The highest BCUT2D eigenvalue weighted by atomic mass is 35.5. The van der Waals surface area contributed by atoms with Crippen LogP contribution in [0.4, 0.5) is 0 Å². The van der Waals surface area contributed by atoms with Crippen LogP contribution in [-0.2, 0) is 10.0 Å². The Bertz CT molecular complexity index is 797. The Morgan fingerprint density at radius 3 is 2.00 bits per heavy atom. The number of piperidine rings is 1. The molecule has 134 valence electrons. The third kappa shape index (κ3) is 4.06. The van der Waals surface area contributed by atoms with Crippen LogP contribution < -0.4 is 10.0 Å². The number of hydrogen-bond acceptors (Lipinski definition) is 3. The number of benzene rings is 2. The van der Waals surface area contributed by atoms with E-state index >= 15 is 0 Å². The van der Waals surface area contributed by atoms with Crippen LogP contribution in [0.15, 0.2) is 59.5 Å². The van der Waals surface area contributed by atoms with Crippen molar-refractivity contribution in [2.24, 2.45) is 0 Å². The predicted molar refractivity (Wildman–Crippen MR) is 102 cm³/mol. The summed E-state index contributed by atoms with van der Waals surface area (Å²) < 4.78 is 28.2. The molecule has 2 aromatic carbocycles. The van der Waals surface area contributed by atoms with E-state index < -0.39 is 10.0 Å². The van der Waals surface area contributed by atoms with Gasteiger partial charge in [0.25, 0.3) is 0 Å². The monoisotopic (exact) mass is 378 g/mol. The molecule has 0 radical (unpaired) electrons. The number of rotatable bonds is 4. The lowest BCUT2D eigenvalue weighted by Crippen LogP contribution is -2.47. The minimum Gasteiger partial charge on any atom is -0.311 e. The molecule has 2 N–H and O–H groups in total. The van der Waals surface area contributed by atoms with E-state index in [1.165, 1.54) is 0 Å². The summed E-state index contributed by atoms with van der Waals surface area (Å²) in [6, 6.07) is 18.1. The molecule has 2 atom stereocenters. The van der Waals surface area contributed by atoms with Crippen LogP contribution in [0.3, 0.4) is 0 Å². The Morgan fingerprint density at radius 1 is 0.840 bits per heavy atom.